The lowest BCUT2D eigenvalue weighted by Gasteiger charge is -2.08. The number of methoxy groups -OCH3 is 1. The van der Waals surface area contributed by atoms with Gasteiger partial charge in [-0.15, -0.1) is 0 Å². The number of benzene rings is 1. The van der Waals surface area contributed by atoms with Gasteiger partial charge in [-0.05, 0) is 28.1 Å². The maximum atomic E-state index is 5.67. The SMILES string of the molecule is COc1cccc(OCc2cnc(Br)n2C)c1. The summed E-state index contributed by atoms with van der Waals surface area (Å²) in [5.74, 6) is 1.57. The quantitative estimate of drug-likeness (QED) is 0.870. The molecule has 4 nitrogen and oxygen atoms in total. The summed E-state index contributed by atoms with van der Waals surface area (Å²) >= 11 is 3.34. The van der Waals surface area contributed by atoms with Crippen LogP contribution in [0.25, 0.3) is 0 Å². The second-order valence-electron chi connectivity index (χ2n) is 3.55. The predicted octanol–water partition coefficient (Wildman–Crippen LogP) is 2.77. The number of rotatable bonds is 4. The van der Waals surface area contributed by atoms with Crippen molar-refractivity contribution in [3.05, 3.63) is 40.9 Å². The highest BCUT2D eigenvalue weighted by Gasteiger charge is 2.04. The molecule has 0 spiro atoms. The van der Waals surface area contributed by atoms with Crippen molar-refractivity contribution < 1.29 is 9.47 Å². The third-order valence-electron chi connectivity index (χ3n) is 2.46. The van der Waals surface area contributed by atoms with Crippen molar-refractivity contribution in [2.24, 2.45) is 7.05 Å². The summed E-state index contributed by atoms with van der Waals surface area (Å²) in [5.41, 5.74) is 1.000. The maximum absolute atomic E-state index is 5.67. The van der Waals surface area contributed by atoms with Crippen molar-refractivity contribution >= 4 is 15.9 Å². The average molecular weight is 297 g/mol. The topological polar surface area (TPSA) is 36.3 Å². The Morgan fingerprint density at radius 2 is 2.12 bits per heavy atom. The Labute approximate surface area is 108 Å². The third kappa shape index (κ3) is 2.79. The molecule has 2 aromatic rings. The molecule has 0 aliphatic carbocycles. The predicted molar refractivity (Wildman–Crippen MR) is 68.2 cm³/mol. The highest BCUT2D eigenvalue weighted by Crippen LogP contribution is 2.20. The minimum absolute atomic E-state index is 0.474. The Hall–Kier alpha value is -1.49. The number of hydrogen-bond acceptors (Lipinski definition) is 3. The van der Waals surface area contributed by atoms with E-state index < -0.39 is 0 Å². The summed E-state index contributed by atoms with van der Waals surface area (Å²) in [6, 6.07) is 7.53. The van der Waals surface area contributed by atoms with E-state index in [1.807, 2.05) is 35.9 Å². The Balaban J connectivity index is 2.04. The molecule has 0 aliphatic heterocycles. The summed E-state index contributed by atoms with van der Waals surface area (Å²) in [7, 11) is 3.57. The minimum Gasteiger partial charge on any atom is -0.497 e. The van der Waals surface area contributed by atoms with Gasteiger partial charge in [0.25, 0.3) is 0 Å². The van der Waals surface area contributed by atoms with Gasteiger partial charge in [-0.1, -0.05) is 6.07 Å². The van der Waals surface area contributed by atoms with Gasteiger partial charge in [0.1, 0.15) is 18.1 Å². The highest BCUT2D eigenvalue weighted by molar-refractivity contribution is 9.10. The van der Waals surface area contributed by atoms with Gasteiger partial charge < -0.3 is 14.0 Å². The normalized spacial score (nSPS) is 10.3. The lowest BCUT2D eigenvalue weighted by atomic mass is 10.3. The van der Waals surface area contributed by atoms with Crippen LogP contribution in [0.2, 0.25) is 0 Å². The highest BCUT2D eigenvalue weighted by atomic mass is 79.9. The van der Waals surface area contributed by atoms with Crippen LogP contribution in [-0.4, -0.2) is 16.7 Å². The molecule has 0 amide bonds. The van der Waals surface area contributed by atoms with Crippen LogP contribution in [0.15, 0.2) is 35.2 Å². The molecule has 0 radical (unpaired) electrons. The maximum Gasteiger partial charge on any atom is 0.177 e. The second kappa shape index (κ2) is 5.23. The number of hydrogen-bond donors (Lipinski definition) is 0. The van der Waals surface area contributed by atoms with Gasteiger partial charge in [0, 0.05) is 13.1 Å². The Morgan fingerprint density at radius 3 is 2.76 bits per heavy atom. The molecule has 17 heavy (non-hydrogen) atoms. The number of ether oxygens (including phenoxy) is 2. The van der Waals surface area contributed by atoms with Gasteiger partial charge in [0.2, 0.25) is 0 Å². The number of halogens is 1. The van der Waals surface area contributed by atoms with E-state index in [9.17, 15) is 0 Å². The van der Waals surface area contributed by atoms with Crippen LogP contribution in [0, 0.1) is 0 Å². The molecule has 0 unspecified atom stereocenters. The van der Waals surface area contributed by atoms with Crippen LogP contribution in [0.3, 0.4) is 0 Å². The van der Waals surface area contributed by atoms with Crippen molar-refractivity contribution in [1.29, 1.82) is 0 Å². The van der Waals surface area contributed by atoms with Crippen LogP contribution in [0.1, 0.15) is 5.69 Å². The van der Waals surface area contributed by atoms with E-state index in [0.29, 0.717) is 6.61 Å². The zero-order valence-corrected chi connectivity index (χ0v) is 11.3. The van der Waals surface area contributed by atoms with Crippen molar-refractivity contribution in [3.8, 4) is 11.5 Å². The van der Waals surface area contributed by atoms with Gasteiger partial charge in [0.05, 0.1) is 19.0 Å². The summed E-state index contributed by atoms with van der Waals surface area (Å²) in [4.78, 5) is 4.14. The van der Waals surface area contributed by atoms with Crippen molar-refractivity contribution in [3.63, 3.8) is 0 Å². The first-order chi connectivity index (χ1) is 8.20. The van der Waals surface area contributed by atoms with Gasteiger partial charge >= 0.3 is 0 Å². The van der Waals surface area contributed by atoms with E-state index in [1.54, 1.807) is 13.3 Å². The fourth-order valence-electron chi connectivity index (χ4n) is 1.40. The van der Waals surface area contributed by atoms with Crippen molar-refractivity contribution in [1.82, 2.24) is 9.55 Å². The first-order valence-corrected chi connectivity index (χ1v) is 5.93. The smallest absolute Gasteiger partial charge is 0.177 e. The van der Waals surface area contributed by atoms with E-state index >= 15 is 0 Å². The Morgan fingerprint density at radius 1 is 1.35 bits per heavy atom. The summed E-state index contributed by atoms with van der Waals surface area (Å²) in [5, 5.41) is 0. The first-order valence-electron chi connectivity index (χ1n) is 5.13. The van der Waals surface area contributed by atoms with E-state index in [2.05, 4.69) is 20.9 Å². The standard InChI is InChI=1S/C12H13BrN2O2/c1-15-9(7-14-12(15)13)8-17-11-5-3-4-10(6-11)16-2/h3-7H,8H2,1-2H3. The fraction of sp³-hybridized carbons (Fsp3) is 0.250. The van der Waals surface area contributed by atoms with Gasteiger partial charge in [-0.25, -0.2) is 4.98 Å². The van der Waals surface area contributed by atoms with E-state index in [0.717, 1.165) is 21.9 Å². The molecule has 0 saturated heterocycles. The van der Waals surface area contributed by atoms with E-state index in [-0.39, 0.29) is 0 Å². The average Bonchev–Trinajstić information content (AvgIpc) is 2.68. The van der Waals surface area contributed by atoms with Gasteiger partial charge in [-0.3, -0.25) is 0 Å². The molecule has 0 aliphatic rings. The molecular weight excluding hydrogens is 284 g/mol. The lowest BCUT2D eigenvalue weighted by Crippen LogP contribution is -2.02. The van der Waals surface area contributed by atoms with Gasteiger partial charge in [-0.2, -0.15) is 0 Å². The summed E-state index contributed by atoms with van der Waals surface area (Å²) in [6.45, 7) is 0.474. The van der Waals surface area contributed by atoms with E-state index in [1.165, 1.54) is 0 Å². The molecule has 5 heteroatoms. The summed E-state index contributed by atoms with van der Waals surface area (Å²) < 4.78 is 13.5. The lowest BCUT2D eigenvalue weighted by molar-refractivity contribution is 0.294. The molecule has 2 rings (SSSR count). The molecule has 1 aromatic heterocycles. The number of nitrogens with zero attached hydrogens (tertiary/aromatic N) is 2. The van der Waals surface area contributed by atoms with Crippen LogP contribution < -0.4 is 9.47 Å². The number of aromatic nitrogens is 2. The molecule has 0 bridgehead atoms. The first kappa shape index (κ1) is 12.0. The van der Waals surface area contributed by atoms with E-state index in [4.69, 9.17) is 9.47 Å². The molecule has 90 valence electrons. The van der Waals surface area contributed by atoms with Crippen LogP contribution in [0.4, 0.5) is 0 Å². The van der Waals surface area contributed by atoms with Crippen LogP contribution in [0.5, 0.6) is 11.5 Å². The molecule has 1 aromatic carbocycles. The Bertz CT molecular complexity index is 511. The zero-order valence-electron chi connectivity index (χ0n) is 9.68. The zero-order chi connectivity index (χ0) is 12.3. The molecule has 0 fully saturated rings. The fourth-order valence-corrected chi connectivity index (χ4v) is 1.73. The van der Waals surface area contributed by atoms with Gasteiger partial charge in [0.15, 0.2) is 4.73 Å². The number of imidazole rings is 1. The molecule has 0 atom stereocenters. The molecule has 0 saturated carbocycles. The second-order valence-corrected chi connectivity index (χ2v) is 4.25. The van der Waals surface area contributed by atoms with Crippen LogP contribution in [-0.2, 0) is 13.7 Å². The van der Waals surface area contributed by atoms with Crippen molar-refractivity contribution in [2.45, 2.75) is 6.61 Å². The minimum atomic E-state index is 0.474. The monoisotopic (exact) mass is 296 g/mol. The molecular formula is C12H13BrN2O2. The van der Waals surface area contributed by atoms with Crippen molar-refractivity contribution in [2.75, 3.05) is 7.11 Å². The third-order valence-corrected chi connectivity index (χ3v) is 3.19. The largest absolute Gasteiger partial charge is 0.497 e. The molecule has 0 N–H and O–H groups in total. The van der Waals surface area contributed by atoms with Crippen LogP contribution >= 0.6 is 15.9 Å². The Kier molecular flexibility index (Phi) is 3.68. The molecule has 1 heterocycles. The summed E-state index contributed by atoms with van der Waals surface area (Å²) in [6.07, 6.45) is 1.78.